The fourth-order valence-corrected chi connectivity index (χ4v) is 1.33. The highest BCUT2D eigenvalue weighted by Gasteiger charge is 2.15. The number of nitrogens with zero attached hydrogens (tertiary/aromatic N) is 1. The number of hydrogen-bond donors (Lipinski definition) is 4. The zero-order valence-corrected chi connectivity index (χ0v) is 8.50. The molecule has 6 N–H and O–H groups in total. The molecule has 0 amide bonds. The second-order valence-electron chi connectivity index (χ2n) is 3.29. The summed E-state index contributed by atoms with van der Waals surface area (Å²) in [6, 6.07) is 5.77. The first-order chi connectivity index (χ1) is 7.56. The van der Waals surface area contributed by atoms with Crippen LogP contribution < -0.4 is 11.5 Å². The second-order valence-corrected chi connectivity index (χ2v) is 3.29. The Kier molecular flexibility index (Phi) is 3.84. The van der Waals surface area contributed by atoms with Crippen molar-refractivity contribution in [2.75, 3.05) is 0 Å². The molecule has 1 rings (SSSR count). The van der Waals surface area contributed by atoms with Gasteiger partial charge in [-0.2, -0.15) is 0 Å². The second kappa shape index (κ2) is 5.13. The van der Waals surface area contributed by atoms with Crippen molar-refractivity contribution in [1.82, 2.24) is 0 Å². The molecule has 1 unspecified atom stereocenters. The number of hydrogen-bond acceptors (Lipinski definition) is 4. The van der Waals surface area contributed by atoms with Crippen molar-refractivity contribution < 1.29 is 15.1 Å². The number of carbonyl (C=O) groups is 1. The van der Waals surface area contributed by atoms with Gasteiger partial charge < -0.3 is 21.8 Å². The van der Waals surface area contributed by atoms with Crippen molar-refractivity contribution in [3.05, 3.63) is 35.4 Å². The number of amidine groups is 1. The fourth-order valence-electron chi connectivity index (χ4n) is 1.33. The predicted octanol–water partition coefficient (Wildman–Crippen LogP) is -0.265. The van der Waals surface area contributed by atoms with Gasteiger partial charge >= 0.3 is 5.97 Å². The molecule has 0 spiro atoms. The Bertz CT molecular complexity index is 418. The first kappa shape index (κ1) is 12.0. The summed E-state index contributed by atoms with van der Waals surface area (Å²) in [5, 5.41) is 20.1. The molecule has 16 heavy (non-hydrogen) atoms. The lowest BCUT2D eigenvalue weighted by Crippen LogP contribution is -2.33. The monoisotopic (exact) mass is 223 g/mol. The van der Waals surface area contributed by atoms with Gasteiger partial charge in [-0.25, -0.2) is 0 Å². The van der Waals surface area contributed by atoms with Crippen LogP contribution in [0.15, 0.2) is 29.4 Å². The van der Waals surface area contributed by atoms with Crippen molar-refractivity contribution in [3.8, 4) is 0 Å². The third-order valence-electron chi connectivity index (χ3n) is 2.16. The Morgan fingerprint density at radius 3 is 2.62 bits per heavy atom. The van der Waals surface area contributed by atoms with Gasteiger partial charge in [-0.15, -0.1) is 0 Å². The maximum atomic E-state index is 10.6. The van der Waals surface area contributed by atoms with E-state index in [1.807, 2.05) is 0 Å². The van der Waals surface area contributed by atoms with Gasteiger partial charge in [0.15, 0.2) is 5.84 Å². The largest absolute Gasteiger partial charge is 0.480 e. The van der Waals surface area contributed by atoms with E-state index in [0.717, 1.165) is 0 Å². The highest BCUT2D eigenvalue weighted by molar-refractivity contribution is 5.98. The first-order valence-electron chi connectivity index (χ1n) is 4.60. The van der Waals surface area contributed by atoms with E-state index in [1.165, 1.54) is 0 Å². The normalized spacial score (nSPS) is 13.4. The number of nitrogens with two attached hydrogens (primary N) is 2. The molecule has 0 aromatic heterocycles. The summed E-state index contributed by atoms with van der Waals surface area (Å²) in [5.41, 5.74) is 12.0. The number of benzene rings is 1. The molecule has 1 atom stereocenters. The van der Waals surface area contributed by atoms with Gasteiger partial charge in [0.05, 0.1) is 0 Å². The Balaban J connectivity index is 3.00. The molecule has 6 nitrogen and oxygen atoms in total. The lowest BCUT2D eigenvalue weighted by atomic mass is 10.00. The molecule has 0 saturated carbocycles. The van der Waals surface area contributed by atoms with Crippen LogP contribution in [0.4, 0.5) is 0 Å². The molecular formula is C10H13N3O3. The van der Waals surface area contributed by atoms with Crippen LogP contribution in [0.2, 0.25) is 0 Å². The molecule has 0 aliphatic carbocycles. The highest BCUT2D eigenvalue weighted by Crippen LogP contribution is 2.10. The smallest absolute Gasteiger partial charge is 0.320 e. The van der Waals surface area contributed by atoms with E-state index in [-0.39, 0.29) is 12.3 Å². The number of rotatable bonds is 4. The molecular weight excluding hydrogens is 210 g/mol. The lowest BCUT2D eigenvalue weighted by molar-refractivity contribution is -0.138. The predicted molar refractivity (Wildman–Crippen MR) is 58.3 cm³/mol. The van der Waals surface area contributed by atoms with Crippen molar-refractivity contribution in [1.29, 1.82) is 0 Å². The minimum absolute atomic E-state index is 0.0619. The zero-order chi connectivity index (χ0) is 12.1. The molecule has 0 heterocycles. The third-order valence-corrected chi connectivity index (χ3v) is 2.16. The SMILES string of the molecule is NC(=NO)c1ccccc1CC(N)C(=O)O. The van der Waals surface area contributed by atoms with Crippen molar-refractivity contribution in [3.63, 3.8) is 0 Å². The van der Waals surface area contributed by atoms with Crippen molar-refractivity contribution in [2.24, 2.45) is 16.6 Å². The summed E-state index contributed by atoms with van der Waals surface area (Å²) < 4.78 is 0. The van der Waals surface area contributed by atoms with Gasteiger partial charge in [0.25, 0.3) is 0 Å². The lowest BCUT2D eigenvalue weighted by Gasteiger charge is -2.10. The van der Waals surface area contributed by atoms with Crippen LogP contribution in [-0.2, 0) is 11.2 Å². The summed E-state index contributed by atoms with van der Waals surface area (Å²) in [6.07, 6.45) is 0.127. The van der Waals surface area contributed by atoms with Gasteiger partial charge in [-0.05, 0) is 12.0 Å². The number of carboxylic acids is 1. The van der Waals surface area contributed by atoms with Crippen molar-refractivity contribution >= 4 is 11.8 Å². The maximum Gasteiger partial charge on any atom is 0.320 e. The minimum Gasteiger partial charge on any atom is -0.480 e. The van der Waals surface area contributed by atoms with Crippen LogP contribution in [0.1, 0.15) is 11.1 Å². The highest BCUT2D eigenvalue weighted by atomic mass is 16.4. The van der Waals surface area contributed by atoms with Crippen LogP contribution in [0, 0.1) is 0 Å². The fraction of sp³-hybridized carbons (Fsp3) is 0.200. The first-order valence-corrected chi connectivity index (χ1v) is 4.60. The molecule has 0 aliphatic heterocycles. The summed E-state index contributed by atoms with van der Waals surface area (Å²) in [5.74, 6) is -1.15. The summed E-state index contributed by atoms with van der Waals surface area (Å²) in [7, 11) is 0. The minimum atomic E-state index is -1.09. The molecule has 0 radical (unpaired) electrons. The summed E-state index contributed by atoms with van der Waals surface area (Å²) >= 11 is 0. The Labute approximate surface area is 92.2 Å². The molecule has 0 aliphatic rings. The van der Waals surface area contributed by atoms with Crippen molar-refractivity contribution in [2.45, 2.75) is 12.5 Å². The number of carboxylic acid groups (broad SMARTS) is 1. The van der Waals surface area contributed by atoms with E-state index in [2.05, 4.69) is 5.16 Å². The van der Waals surface area contributed by atoms with Crippen LogP contribution in [0.3, 0.4) is 0 Å². The van der Waals surface area contributed by atoms with E-state index >= 15 is 0 Å². The van der Waals surface area contributed by atoms with Crippen LogP contribution in [0.5, 0.6) is 0 Å². The van der Waals surface area contributed by atoms with E-state index in [9.17, 15) is 4.79 Å². The van der Waals surface area contributed by atoms with E-state index < -0.39 is 12.0 Å². The molecule has 86 valence electrons. The number of aliphatic carboxylic acids is 1. The average molecular weight is 223 g/mol. The van der Waals surface area contributed by atoms with Crippen LogP contribution in [-0.4, -0.2) is 28.2 Å². The quantitative estimate of drug-likeness (QED) is 0.242. The Morgan fingerprint density at radius 1 is 1.44 bits per heavy atom. The van der Waals surface area contributed by atoms with Gasteiger partial charge in [-0.1, -0.05) is 29.4 Å². The van der Waals surface area contributed by atoms with E-state index in [1.54, 1.807) is 24.3 Å². The molecule has 1 aromatic carbocycles. The Hall–Kier alpha value is -2.08. The van der Waals surface area contributed by atoms with Gasteiger partial charge in [0.2, 0.25) is 0 Å². The molecule has 0 saturated heterocycles. The van der Waals surface area contributed by atoms with E-state index in [4.69, 9.17) is 21.8 Å². The standard InChI is InChI=1S/C10H13N3O3/c11-8(10(14)15)5-6-3-1-2-4-7(6)9(12)13-16/h1-4,8,16H,5,11H2,(H2,12,13)(H,14,15). The molecule has 0 bridgehead atoms. The molecule has 1 aromatic rings. The average Bonchev–Trinajstić information content (AvgIpc) is 2.28. The molecule has 6 heteroatoms. The Morgan fingerprint density at radius 2 is 2.06 bits per heavy atom. The topological polar surface area (TPSA) is 122 Å². The van der Waals surface area contributed by atoms with Crippen LogP contribution >= 0.6 is 0 Å². The molecule has 0 fully saturated rings. The van der Waals surface area contributed by atoms with Gasteiger partial charge in [0.1, 0.15) is 6.04 Å². The maximum absolute atomic E-state index is 10.6. The summed E-state index contributed by atoms with van der Waals surface area (Å²) in [4.78, 5) is 10.6. The van der Waals surface area contributed by atoms with E-state index in [0.29, 0.717) is 11.1 Å². The zero-order valence-electron chi connectivity index (χ0n) is 8.50. The third kappa shape index (κ3) is 2.71. The summed E-state index contributed by atoms with van der Waals surface area (Å²) in [6.45, 7) is 0. The van der Waals surface area contributed by atoms with Gasteiger partial charge in [0, 0.05) is 5.56 Å². The number of oxime groups is 1. The van der Waals surface area contributed by atoms with Crippen LogP contribution in [0.25, 0.3) is 0 Å². The van der Waals surface area contributed by atoms with Gasteiger partial charge in [-0.3, -0.25) is 4.79 Å².